The zero-order valence-electron chi connectivity index (χ0n) is 12.7. The molecule has 2 N–H and O–H groups in total. The van der Waals surface area contributed by atoms with Gasteiger partial charge in [0.25, 0.3) is 0 Å². The predicted octanol–water partition coefficient (Wildman–Crippen LogP) is 1.26. The molecular weight excluding hydrogens is 250 g/mol. The van der Waals surface area contributed by atoms with Gasteiger partial charge in [0.2, 0.25) is 0 Å². The minimum absolute atomic E-state index is 0.107. The summed E-state index contributed by atoms with van der Waals surface area (Å²) in [6.45, 7) is 5.65. The second kappa shape index (κ2) is 5.35. The molecule has 3 atom stereocenters. The number of ether oxygens (including phenoxy) is 1. The van der Waals surface area contributed by atoms with Gasteiger partial charge in [-0.1, -0.05) is 6.07 Å². The summed E-state index contributed by atoms with van der Waals surface area (Å²) in [6, 6.07) is 7.48. The molecule has 1 fully saturated rings. The molecule has 1 heterocycles. The van der Waals surface area contributed by atoms with E-state index in [2.05, 4.69) is 35.9 Å². The van der Waals surface area contributed by atoms with Crippen LogP contribution in [0.15, 0.2) is 18.2 Å². The van der Waals surface area contributed by atoms with Crippen LogP contribution in [0.1, 0.15) is 24.1 Å². The highest BCUT2D eigenvalue weighted by molar-refractivity contribution is 5.42. The summed E-state index contributed by atoms with van der Waals surface area (Å²) in [7, 11) is 3.91. The first-order valence-corrected chi connectivity index (χ1v) is 7.47. The fourth-order valence-corrected chi connectivity index (χ4v) is 3.49. The lowest BCUT2D eigenvalue weighted by atomic mass is 10.0. The molecule has 110 valence electrons. The number of piperazine rings is 1. The van der Waals surface area contributed by atoms with Crippen molar-refractivity contribution in [1.29, 1.82) is 0 Å². The van der Waals surface area contributed by atoms with E-state index in [0.29, 0.717) is 12.1 Å². The van der Waals surface area contributed by atoms with Gasteiger partial charge in [0.1, 0.15) is 5.75 Å². The van der Waals surface area contributed by atoms with Gasteiger partial charge in [-0.25, -0.2) is 0 Å². The largest absolute Gasteiger partial charge is 0.497 e. The second-order valence-electron chi connectivity index (χ2n) is 6.19. The summed E-state index contributed by atoms with van der Waals surface area (Å²) in [5.74, 6) is 0.909. The monoisotopic (exact) mass is 275 g/mol. The van der Waals surface area contributed by atoms with Gasteiger partial charge >= 0.3 is 0 Å². The quantitative estimate of drug-likeness (QED) is 0.882. The molecule has 3 rings (SSSR count). The Balaban J connectivity index is 1.78. The lowest BCUT2D eigenvalue weighted by Gasteiger charge is -2.42. The van der Waals surface area contributed by atoms with E-state index in [4.69, 9.17) is 10.5 Å². The molecule has 1 aliphatic heterocycles. The standard InChI is InChI=1S/C16H25N3O/c1-11-10-19(7-6-18(11)2)15-8-12-4-5-13(20-3)9-14(12)16(15)17/h4-5,9,11,15-16H,6-8,10,17H2,1-3H3. The maximum absolute atomic E-state index is 6.51. The Morgan fingerprint density at radius 2 is 2.10 bits per heavy atom. The van der Waals surface area contributed by atoms with E-state index in [1.165, 1.54) is 11.1 Å². The summed E-state index contributed by atoms with van der Waals surface area (Å²) in [4.78, 5) is 4.99. The first-order chi connectivity index (χ1) is 9.60. The Morgan fingerprint density at radius 1 is 1.30 bits per heavy atom. The Bertz CT molecular complexity index is 491. The zero-order chi connectivity index (χ0) is 14.3. The number of fused-ring (bicyclic) bond motifs is 1. The summed E-state index contributed by atoms with van der Waals surface area (Å²) in [6.07, 6.45) is 1.07. The molecule has 3 unspecified atom stereocenters. The van der Waals surface area contributed by atoms with E-state index >= 15 is 0 Å². The molecule has 1 aromatic carbocycles. The fraction of sp³-hybridized carbons (Fsp3) is 0.625. The fourth-order valence-electron chi connectivity index (χ4n) is 3.49. The van der Waals surface area contributed by atoms with Crippen molar-refractivity contribution in [2.75, 3.05) is 33.8 Å². The third kappa shape index (κ3) is 2.32. The number of hydrogen-bond acceptors (Lipinski definition) is 4. The van der Waals surface area contributed by atoms with E-state index in [-0.39, 0.29) is 6.04 Å². The molecule has 1 aliphatic carbocycles. The van der Waals surface area contributed by atoms with Gasteiger partial charge in [-0.15, -0.1) is 0 Å². The lowest BCUT2D eigenvalue weighted by Crippen LogP contribution is -2.55. The van der Waals surface area contributed by atoms with Crippen molar-refractivity contribution in [2.45, 2.75) is 31.5 Å². The van der Waals surface area contributed by atoms with Crippen LogP contribution in [0.3, 0.4) is 0 Å². The zero-order valence-corrected chi connectivity index (χ0v) is 12.7. The highest BCUT2D eigenvalue weighted by atomic mass is 16.5. The molecular formula is C16H25N3O. The minimum Gasteiger partial charge on any atom is -0.497 e. The normalized spacial score (nSPS) is 31.3. The van der Waals surface area contributed by atoms with E-state index < -0.39 is 0 Å². The molecule has 1 aromatic rings. The van der Waals surface area contributed by atoms with Gasteiger partial charge in [-0.05, 0) is 43.7 Å². The molecule has 2 aliphatic rings. The van der Waals surface area contributed by atoms with Crippen molar-refractivity contribution >= 4 is 0 Å². The first kappa shape index (κ1) is 13.9. The van der Waals surface area contributed by atoms with Crippen LogP contribution in [-0.2, 0) is 6.42 Å². The van der Waals surface area contributed by atoms with Gasteiger partial charge in [-0.2, -0.15) is 0 Å². The molecule has 4 nitrogen and oxygen atoms in total. The van der Waals surface area contributed by atoms with Crippen LogP contribution in [0.4, 0.5) is 0 Å². The van der Waals surface area contributed by atoms with Gasteiger partial charge < -0.3 is 15.4 Å². The van der Waals surface area contributed by atoms with Gasteiger partial charge in [-0.3, -0.25) is 4.90 Å². The van der Waals surface area contributed by atoms with Crippen molar-refractivity contribution in [3.63, 3.8) is 0 Å². The molecule has 0 amide bonds. The third-order valence-corrected chi connectivity index (χ3v) is 5.02. The molecule has 0 radical (unpaired) electrons. The smallest absolute Gasteiger partial charge is 0.119 e. The van der Waals surface area contributed by atoms with Crippen LogP contribution in [0.5, 0.6) is 5.75 Å². The highest BCUT2D eigenvalue weighted by Crippen LogP contribution is 2.35. The van der Waals surface area contributed by atoms with Crippen LogP contribution >= 0.6 is 0 Å². The number of methoxy groups -OCH3 is 1. The number of nitrogens with two attached hydrogens (primary N) is 1. The average Bonchev–Trinajstić information content (AvgIpc) is 2.79. The number of rotatable bonds is 2. The van der Waals surface area contributed by atoms with E-state index in [1.807, 2.05) is 6.07 Å². The number of benzene rings is 1. The van der Waals surface area contributed by atoms with Crippen molar-refractivity contribution in [3.8, 4) is 5.75 Å². The van der Waals surface area contributed by atoms with Gasteiger partial charge in [0, 0.05) is 37.8 Å². The minimum atomic E-state index is 0.107. The van der Waals surface area contributed by atoms with Crippen molar-refractivity contribution in [1.82, 2.24) is 9.80 Å². The maximum Gasteiger partial charge on any atom is 0.119 e. The van der Waals surface area contributed by atoms with Crippen LogP contribution in [0.25, 0.3) is 0 Å². The predicted molar refractivity (Wildman–Crippen MR) is 81.1 cm³/mol. The van der Waals surface area contributed by atoms with Crippen molar-refractivity contribution < 1.29 is 4.74 Å². The lowest BCUT2D eigenvalue weighted by molar-refractivity contribution is 0.0664. The Kier molecular flexibility index (Phi) is 3.71. The molecule has 4 heteroatoms. The Labute approximate surface area is 121 Å². The average molecular weight is 275 g/mol. The van der Waals surface area contributed by atoms with E-state index in [1.54, 1.807) is 7.11 Å². The summed E-state index contributed by atoms with van der Waals surface area (Å²) < 4.78 is 5.32. The molecule has 0 aromatic heterocycles. The second-order valence-corrected chi connectivity index (χ2v) is 6.19. The third-order valence-electron chi connectivity index (χ3n) is 5.02. The SMILES string of the molecule is COc1ccc2c(c1)C(N)C(N1CCN(C)C(C)C1)C2. The maximum atomic E-state index is 6.51. The summed E-state index contributed by atoms with van der Waals surface area (Å²) in [5, 5.41) is 0. The van der Waals surface area contributed by atoms with Crippen molar-refractivity contribution in [3.05, 3.63) is 29.3 Å². The van der Waals surface area contributed by atoms with Crippen LogP contribution in [0, 0.1) is 0 Å². The summed E-state index contributed by atoms with van der Waals surface area (Å²) >= 11 is 0. The number of hydrogen-bond donors (Lipinski definition) is 1. The molecule has 1 saturated heterocycles. The van der Waals surface area contributed by atoms with Gasteiger partial charge in [0.15, 0.2) is 0 Å². The Morgan fingerprint density at radius 3 is 2.80 bits per heavy atom. The van der Waals surface area contributed by atoms with Gasteiger partial charge in [0.05, 0.1) is 7.11 Å². The van der Waals surface area contributed by atoms with Crippen LogP contribution in [-0.4, -0.2) is 55.7 Å². The number of nitrogens with zero attached hydrogens (tertiary/aromatic N) is 2. The molecule has 20 heavy (non-hydrogen) atoms. The highest BCUT2D eigenvalue weighted by Gasteiger charge is 2.36. The first-order valence-electron chi connectivity index (χ1n) is 7.47. The topological polar surface area (TPSA) is 41.7 Å². The van der Waals surface area contributed by atoms with Crippen molar-refractivity contribution in [2.24, 2.45) is 5.73 Å². The molecule has 0 spiro atoms. The Hall–Kier alpha value is -1.10. The number of likely N-dealkylation sites (N-methyl/N-ethyl adjacent to an activating group) is 1. The molecule has 0 bridgehead atoms. The van der Waals surface area contributed by atoms with Crippen LogP contribution < -0.4 is 10.5 Å². The summed E-state index contributed by atoms with van der Waals surface area (Å²) in [5.41, 5.74) is 9.16. The van der Waals surface area contributed by atoms with E-state index in [0.717, 1.165) is 31.8 Å². The molecule has 0 saturated carbocycles. The van der Waals surface area contributed by atoms with E-state index in [9.17, 15) is 0 Å². The van der Waals surface area contributed by atoms with Crippen LogP contribution in [0.2, 0.25) is 0 Å².